The molecule has 0 aliphatic heterocycles. The average Bonchev–Trinajstić information content (AvgIpc) is 2.86. The molecule has 1 unspecified atom stereocenters. The zero-order valence-corrected chi connectivity index (χ0v) is 20.6. The molecule has 0 saturated heterocycles. The van der Waals surface area contributed by atoms with E-state index in [4.69, 9.17) is 21.1 Å². The van der Waals surface area contributed by atoms with Crippen molar-refractivity contribution in [2.75, 3.05) is 7.11 Å². The third kappa shape index (κ3) is 7.58. The molecular formula is C27H28ClN3O4. The molecule has 0 saturated carbocycles. The lowest BCUT2D eigenvalue weighted by molar-refractivity contribution is -0.123. The molecule has 35 heavy (non-hydrogen) atoms. The molecule has 0 aliphatic rings. The summed E-state index contributed by atoms with van der Waals surface area (Å²) in [7, 11) is 1.56. The van der Waals surface area contributed by atoms with Crippen molar-refractivity contribution < 1.29 is 19.1 Å². The fraction of sp³-hybridized carbons (Fsp3) is 0.222. The van der Waals surface area contributed by atoms with Crippen LogP contribution in [0.15, 0.2) is 77.9 Å². The van der Waals surface area contributed by atoms with Crippen LogP contribution in [0.2, 0.25) is 5.02 Å². The molecule has 0 spiro atoms. The number of nitrogens with zero attached hydrogens (tertiary/aromatic N) is 1. The molecule has 0 fully saturated rings. The Kier molecular flexibility index (Phi) is 9.26. The lowest BCUT2D eigenvalue weighted by atomic mass is 10.0. The van der Waals surface area contributed by atoms with Crippen LogP contribution >= 0.6 is 11.6 Å². The third-order valence-corrected chi connectivity index (χ3v) is 5.37. The van der Waals surface area contributed by atoms with E-state index in [2.05, 4.69) is 15.8 Å². The van der Waals surface area contributed by atoms with Gasteiger partial charge in [-0.3, -0.25) is 9.59 Å². The van der Waals surface area contributed by atoms with Gasteiger partial charge in [0, 0.05) is 10.6 Å². The predicted molar refractivity (Wildman–Crippen MR) is 137 cm³/mol. The highest BCUT2D eigenvalue weighted by molar-refractivity contribution is 6.31. The van der Waals surface area contributed by atoms with Crippen molar-refractivity contribution in [3.63, 3.8) is 0 Å². The number of hydrogen-bond donors (Lipinski definition) is 2. The molecule has 2 amide bonds. The molecule has 0 aliphatic carbocycles. The van der Waals surface area contributed by atoms with Gasteiger partial charge >= 0.3 is 0 Å². The topological polar surface area (TPSA) is 89.0 Å². The van der Waals surface area contributed by atoms with Crippen molar-refractivity contribution in [3.05, 3.63) is 94.5 Å². The Morgan fingerprint density at radius 1 is 1.00 bits per heavy atom. The number of hydrazone groups is 1. The summed E-state index contributed by atoms with van der Waals surface area (Å²) >= 11 is 5.96. The second-order valence-corrected chi connectivity index (χ2v) is 8.56. The van der Waals surface area contributed by atoms with Crippen LogP contribution in [-0.4, -0.2) is 31.2 Å². The standard InChI is InChI=1S/C27H28ClN3O4/c1-18(2)25(30-26(32)21-10-7-11-22(28)15-21)27(33)31-29-16-20-12-13-23(24(14-20)34-3)35-17-19-8-5-4-6-9-19/h4-16,18,25H,17H2,1-3H3,(H,30,32)(H,31,33)/b29-16-. The van der Waals surface area contributed by atoms with Crippen LogP contribution in [-0.2, 0) is 11.4 Å². The van der Waals surface area contributed by atoms with Gasteiger partial charge in [0.2, 0.25) is 0 Å². The maximum atomic E-state index is 12.7. The number of benzene rings is 3. The highest BCUT2D eigenvalue weighted by atomic mass is 35.5. The number of hydrogen-bond acceptors (Lipinski definition) is 5. The van der Waals surface area contributed by atoms with Gasteiger partial charge in [-0.2, -0.15) is 5.10 Å². The molecule has 182 valence electrons. The second-order valence-electron chi connectivity index (χ2n) is 8.12. The molecule has 3 aromatic rings. The Morgan fingerprint density at radius 3 is 2.46 bits per heavy atom. The number of halogens is 1. The maximum Gasteiger partial charge on any atom is 0.262 e. The Hall–Kier alpha value is -3.84. The number of methoxy groups -OCH3 is 1. The lowest BCUT2D eigenvalue weighted by Crippen LogP contribution is -2.48. The van der Waals surface area contributed by atoms with E-state index in [1.165, 1.54) is 6.21 Å². The molecule has 8 heteroatoms. The van der Waals surface area contributed by atoms with E-state index in [0.29, 0.717) is 34.3 Å². The summed E-state index contributed by atoms with van der Waals surface area (Å²) in [5, 5.41) is 7.23. The molecule has 0 aromatic heterocycles. The summed E-state index contributed by atoms with van der Waals surface area (Å²) in [5.74, 6) is 0.170. The van der Waals surface area contributed by atoms with Crippen LogP contribution in [0.4, 0.5) is 0 Å². The smallest absolute Gasteiger partial charge is 0.262 e. The molecule has 3 rings (SSSR count). The fourth-order valence-corrected chi connectivity index (χ4v) is 3.44. The third-order valence-electron chi connectivity index (χ3n) is 5.14. The first-order valence-electron chi connectivity index (χ1n) is 11.1. The van der Waals surface area contributed by atoms with Gasteiger partial charge in [0.15, 0.2) is 11.5 Å². The molecule has 0 heterocycles. The van der Waals surface area contributed by atoms with Crippen LogP contribution in [0.1, 0.15) is 35.3 Å². The van der Waals surface area contributed by atoms with Gasteiger partial charge in [0.05, 0.1) is 13.3 Å². The summed E-state index contributed by atoms with van der Waals surface area (Å²) in [6, 6.07) is 20.9. The van der Waals surface area contributed by atoms with Gasteiger partial charge in [-0.1, -0.05) is 61.8 Å². The monoisotopic (exact) mass is 493 g/mol. The summed E-state index contributed by atoms with van der Waals surface area (Å²) in [5.41, 5.74) is 4.63. The SMILES string of the molecule is COc1cc(/C=N\NC(=O)C(NC(=O)c2cccc(Cl)c2)C(C)C)ccc1OCc1ccccc1. The van der Waals surface area contributed by atoms with E-state index in [0.717, 1.165) is 5.56 Å². The Labute approximate surface area is 210 Å². The zero-order valence-electron chi connectivity index (χ0n) is 19.8. The van der Waals surface area contributed by atoms with Gasteiger partial charge < -0.3 is 14.8 Å². The molecular weight excluding hydrogens is 466 g/mol. The van der Waals surface area contributed by atoms with Crippen LogP contribution in [0, 0.1) is 5.92 Å². The van der Waals surface area contributed by atoms with Gasteiger partial charge in [-0.15, -0.1) is 0 Å². The van der Waals surface area contributed by atoms with Crippen LogP contribution in [0.5, 0.6) is 11.5 Å². The van der Waals surface area contributed by atoms with E-state index < -0.39 is 11.9 Å². The van der Waals surface area contributed by atoms with E-state index in [1.807, 2.05) is 44.2 Å². The van der Waals surface area contributed by atoms with E-state index in [-0.39, 0.29) is 11.8 Å². The van der Waals surface area contributed by atoms with E-state index in [9.17, 15) is 9.59 Å². The van der Waals surface area contributed by atoms with Crippen LogP contribution < -0.4 is 20.2 Å². The number of ether oxygens (including phenoxy) is 2. The fourth-order valence-electron chi connectivity index (χ4n) is 3.25. The van der Waals surface area contributed by atoms with Crippen molar-refractivity contribution in [1.29, 1.82) is 0 Å². The van der Waals surface area contributed by atoms with Crippen LogP contribution in [0.3, 0.4) is 0 Å². The number of carbonyl (C=O) groups excluding carboxylic acids is 2. The molecule has 0 radical (unpaired) electrons. The summed E-state index contributed by atoms with van der Waals surface area (Å²) in [4.78, 5) is 25.2. The normalized spacial score (nSPS) is 11.8. The number of carbonyl (C=O) groups is 2. The molecule has 0 bridgehead atoms. The molecule has 3 aromatic carbocycles. The minimum atomic E-state index is -0.776. The highest BCUT2D eigenvalue weighted by Crippen LogP contribution is 2.28. The Bertz CT molecular complexity index is 1180. The van der Waals surface area contributed by atoms with Crippen molar-refractivity contribution in [3.8, 4) is 11.5 Å². The first-order chi connectivity index (χ1) is 16.9. The molecule has 7 nitrogen and oxygen atoms in total. The first-order valence-corrected chi connectivity index (χ1v) is 11.5. The molecule has 2 N–H and O–H groups in total. The van der Waals surface area contributed by atoms with Crippen molar-refractivity contribution in [2.24, 2.45) is 11.0 Å². The van der Waals surface area contributed by atoms with E-state index in [1.54, 1.807) is 49.6 Å². The summed E-state index contributed by atoms with van der Waals surface area (Å²) in [6.45, 7) is 4.09. The van der Waals surface area contributed by atoms with Gasteiger partial charge in [0.25, 0.3) is 11.8 Å². The minimum absolute atomic E-state index is 0.158. The number of nitrogens with one attached hydrogen (secondary N) is 2. The quantitative estimate of drug-likeness (QED) is 0.312. The zero-order chi connectivity index (χ0) is 25.2. The average molecular weight is 494 g/mol. The second kappa shape index (κ2) is 12.6. The maximum absolute atomic E-state index is 12.7. The van der Waals surface area contributed by atoms with Crippen molar-refractivity contribution in [1.82, 2.24) is 10.7 Å². The number of rotatable bonds is 10. The lowest BCUT2D eigenvalue weighted by Gasteiger charge is -2.20. The molecule has 1 atom stereocenters. The first kappa shape index (κ1) is 25.8. The van der Waals surface area contributed by atoms with E-state index >= 15 is 0 Å². The Morgan fingerprint density at radius 2 is 1.77 bits per heavy atom. The van der Waals surface area contributed by atoms with Gasteiger partial charge in [0.1, 0.15) is 12.6 Å². The number of amides is 2. The Balaban J connectivity index is 1.61. The van der Waals surface area contributed by atoms with Gasteiger partial charge in [-0.25, -0.2) is 5.43 Å². The van der Waals surface area contributed by atoms with Crippen molar-refractivity contribution in [2.45, 2.75) is 26.5 Å². The van der Waals surface area contributed by atoms with Gasteiger partial charge in [-0.05, 0) is 53.4 Å². The van der Waals surface area contributed by atoms with Crippen molar-refractivity contribution >= 4 is 29.6 Å². The summed E-state index contributed by atoms with van der Waals surface area (Å²) < 4.78 is 11.3. The van der Waals surface area contributed by atoms with Crippen LogP contribution in [0.25, 0.3) is 0 Å². The highest BCUT2D eigenvalue weighted by Gasteiger charge is 2.24. The minimum Gasteiger partial charge on any atom is -0.493 e. The largest absolute Gasteiger partial charge is 0.493 e. The predicted octanol–water partition coefficient (Wildman–Crippen LogP) is 4.83. The summed E-state index contributed by atoms with van der Waals surface area (Å²) in [6.07, 6.45) is 1.50.